The number of ether oxygens (including phenoxy) is 1. The minimum atomic E-state index is 0.445. The van der Waals surface area contributed by atoms with Crippen LogP contribution in [0.3, 0.4) is 0 Å². The number of rotatable bonds is 7. The molecule has 3 rings (SSSR count). The molecule has 1 aliphatic heterocycles. The van der Waals surface area contributed by atoms with Gasteiger partial charge in [-0.2, -0.15) is 0 Å². The van der Waals surface area contributed by atoms with E-state index in [9.17, 15) is 0 Å². The van der Waals surface area contributed by atoms with E-state index in [2.05, 4.69) is 56.0 Å². The first-order chi connectivity index (χ1) is 12.2. The summed E-state index contributed by atoms with van der Waals surface area (Å²) < 4.78 is 6.50. The first kappa shape index (κ1) is 18.5. The van der Waals surface area contributed by atoms with Crippen molar-refractivity contribution in [1.82, 2.24) is 14.9 Å². The zero-order valence-electron chi connectivity index (χ0n) is 15.0. The van der Waals surface area contributed by atoms with Crippen LogP contribution in [0.25, 0.3) is 10.9 Å². The van der Waals surface area contributed by atoms with Crippen molar-refractivity contribution < 1.29 is 4.74 Å². The Labute approximate surface area is 158 Å². The first-order valence-electron chi connectivity index (χ1n) is 9.14. The van der Waals surface area contributed by atoms with Crippen molar-refractivity contribution in [2.45, 2.75) is 32.7 Å². The van der Waals surface area contributed by atoms with E-state index in [1.807, 2.05) is 12.1 Å². The van der Waals surface area contributed by atoms with Gasteiger partial charge in [0.15, 0.2) is 0 Å². The van der Waals surface area contributed by atoms with Crippen molar-refractivity contribution in [3.8, 4) is 0 Å². The Hall–Kier alpha value is -1.24. The van der Waals surface area contributed by atoms with Gasteiger partial charge in [-0.1, -0.05) is 22.9 Å². The van der Waals surface area contributed by atoms with Crippen LogP contribution in [0.15, 0.2) is 29.0 Å². The van der Waals surface area contributed by atoms with Gasteiger partial charge in [0.05, 0.1) is 5.52 Å². The number of hydrogen-bond donors (Lipinski definition) is 1. The fourth-order valence-corrected chi connectivity index (χ4v) is 3.86. The zero-order chi connectivity index (χ0) is 17.6. The summed E-state index contributed by atoms with van der Waals surface area (Å²) >= 11 is 3.55. The van der Waals surface area contributed by atoms with Gasteiger partial charge in [0.25, 0.3) is 0 Å². The summed E-state index contributed by atoms with van der Waals surface area (Å²) in [6.45, 7) is 9.42. The molecule has 2 aromatic rings. The summed E-state index contributed by atoms with van der Waals surface area (Å²) in [5.74, 6) is 1.52. The number of halogens is 1. The second-order valence-corrected chi connectivity index (χ2v) is 7.67. The predicted molar refractivity (Wildman–Crippen MR) is 106 cm³/mol. The molecule has 1 aromatic heterocycles. The van der Waals surface area contributed by atoms with Gasteiger partial charge in [-0.15, -0.1) is 0 Å². The van der Waals surface area contributed by atoms with Crippen LogP contribution < -0.4 is 5.32 Å². The number of benzene rings is 1. The Bertz CT molecular complexity index is 696. The molecule has 25 heavy (non-hydrogen) atoms. The van der Waals surface area contributed by atoms with Crippen molar-refractivity contribution in [3.63, 3.8) is 0 Å². The second-order valence-electron chi connectivity index (χ2n) is 6.75. The maximum Gasteiger partial charge on any atom is 0.137 e. The van der Waals surface area contributed by atoms with Gasteiger partial charge >= 0.3 is 0 Å². The molecule has 1 aliphatic rings. The summed E-state index contributed by atoms with van der Waals surface area (Å²) in [5.41, 5.74) is 0.974. The summed E-state index contributed by atoms with van der Waals surface area (Å²) in [5, 5.41) is 4.75. The van der Waals surface area contributed by atoms with Crippen LogP contribution in [0.1, 0.15) is 26.7 Å². The molecule has 1 aromatic carbocycles. The number of likely N-dealkylation sites (tertiary alicyclic amines) is 1. The molecule has 0 saturated carbocycles. The maximum atomic E-state index is 5.45. The van der Waals surface area contributed by atoms with Gasteiger partial charge in [0.1, 0.15) is 12.1 Å². The number of fused-ring (bicyclic) bond motifs is 1. The van der Waals surface area contributed by atoms with Gasteiger partial charge in [-0.25, -0.2) is 9.97 Å². The fraction of sp³-hybridized carbons (Fsp3) is 0.579. The molecular formula is C19H27BrN4O. The van der Waals surface area contributed by atoms with E-state index < -0.39 is 0 Å². The highest BCUT2D eigenvalue weighted by Gasteiger charge is 2.26. The Kier molecular flexibility index (Phi) is 6.62. The van der Waals surface area contributed by atoms with Crippen molar-refractivity contribution in [2.75, 3.05) is 38.2 Å². The molecule has 0 radical (unpaired) electrons. The summed E-state index contributed by atoms with van der Waals surface area (Å²) in [4.78, 5) is 11.4. The quantitative estimate of drug-likeness (QED) is 0.705. The number of piperidine rings is 1. The van der Waals surface area contributed by atoms with Crippen LogP contribution in [0, 0.1) is 5.92 Å². The minimum Gasteiger partial charge on any atom is -0.382 e. The summed E-state index contributed by atoms with van der Waals surface area (Å²) in [6, 6.07) is 6.57. The van der Waals surface area contributed by atoms with Crippen LogP contribution in [0.2, 0.25) is 0 Å². The van der Waals surface area contributed by atoms with Crippen LogP contribution in [0.5, 0.6) is 0 Å². The van der Waals surface area contributed by atoms with Gasteiger partial charge in [-0.05, 0) is 43.9 Å². The van der Waals surface area contributed by atoms with Crippen LogP contribution in [0.4, 0.5) is 5.82 Å². The molecule has 2 unspecified atom stereocenters. The van der Waals surface area contributed by atoms with Crippen molar-refractivity contribution >= 4 is 32.7 Å². The summed E-state index contributed by atoms with van der Waals surface area (Å²) in [6.07, 6.45) is 3.89. The smallest absolute Gasteiger partial charge is 0.137 e. The predicted octanol–water partition coefficient (Wildman–Crippen LogP) is 3.94. The van der Waals surface area contributed by atoms with E-state index in [0.29, 0.717) is 12.0 Å². The second kappa shape index (κ2) is 8.92. The molecule has 0 amide bonds. The Morgan fingerprint density at radius 3 is 3.04 bits per heavy atom. The SMILES string of the molecule is CCOCCCN1CCC(Nc2ncnc3ccc(Br)cc23)C(C)C1. The van der Waals surface area contributed by atoms with Crippen molar-refractivity contribution in [1.29, 1.82) is 0 Å². The number of anilines is 1. The molecule has 2 atom stereocenters. The number of nitrogens with one attached hydrogen (secondary N) is 1. The normalized spacial score (nSPS) is 21.6. The maximum absolute atomic E-state index is 5.45. The summed E-state index contributed by atoms with van der Waals surface area (Å²) in [7, 11) is 0. The van der Waals surface area contributed by atoms with Gasteiger partial charge in [-0.3, -0.25) is 0 Å². The molecule has 136 valence electrons. The molecule has 6 heteroatoms. The highest BCUT2D eigenvalue weighted by Crippen LogP contribution is 2.26. The van der Waals surface area contributed by atoms with E-state index in [1.165, 1.54) is 0 Å². The molecule has 1 fully saturated rings. The molecular weight excluding hydrogens is 380 g/mol. The van der Waals surface area contributed by atoms with Crippen LogP contribution >= 0.6 is 15.9 Å². The monoisotopic (exact) mass is 406 g/mol. The van der Waals surface area contributed by atoms with Gasteiger partial charge in [0, 0.05) is 48.7 Å². The average molecular weight is 407 g/mol. The zero-order valence-corrected chi connectivity index (χ0v) is 16.6. The highest BCUT2D eigenvalue weighted by atomic mass is 79.9. The van der Waals surface area contributed by atoms with E-state index in [0.717, 1.165) is 66.9 Å². The van der Waals surface area contributed by atoms with E-state index in [1.54, 1.807) is 6.33 Å². The molecule has 1 saturated heterocycles. The van der Waals surface area contributed by atoms with Crippen molar-refractivity contribution in [3.05, 3.63) is 29.0 Å². The molecule has 5 nitrogen and oxygen atoms in total. The standard InChI is InChI=1S/C19H27BrN4O/c1-3-25-10-4-8-24-9-7-17(14(2)12-24)23-19-16-11-15(20)5-6-18(16)21-13-22-19/h5-6,11,13-14,17H,3-4,7-10,12H2,1-2H3,(H,21,22,23). The van der Waals surface area contributed by atoms with Gasteiger partial charge < -0.3 is 15.0 Å². The lowest BCUT2D eigenvalue weighted by Gasteiger charge is -2.37. The lowest BCUT2D eigenvalue weighted by Crippen LogP contribution is -2.45. The fourth-order valence-electron chi connectivity index (χ4n) is 3.50. The van der Waals surface area contributed by atoms with Crippen LogP contribution in [-0.4, -0.2) is 53.8 Å². The van der Waals surface area contributed by atoms with Gasteiger partial charge in [0.2, 0.25) is 0 Å². The Morgan fingerprint density at radius 2 is 2.24 bits per heavy atom. The molecule has 0 bridgehead atoms. The largest absolute Gasteiger partial charge is 0.382 e. The number of aromatic nitrogens is 2. The van der Waals surface area contributed by atoms with Crippen LogP contribution in [-0.2, 0) is 4.74 Å². The molecule has 0 spiro atoms. The van der Waals surface area contributed by atoms with E-state index in [4.69, 9.17) is 4.74 Å². The molecule has 1 N–H and O–H groups in total. The van der Waals surface area contributed by atoms with E-state index in [-0.39, 0.29) is 0 Å². The number of hydrogen-bond acceptors (Lipinski definition) is 5. The average Bonchev–Trinajstić information content (AvgIpc) is 2.61. The van der Waals surface area contributed by atoms with E-state index >= 15 is 0 Å². The number of nitrogens with zero attached hydrogens (tertiary/aromatic N) is 3. The highest BCUT2D eigenvalue weighted by molar-refractivity contribution is 9.10. The lowest BCUT2D eigenvalue weighted by molar-refractivity contribution is 0.117. The third kappa shape index (κ3) is 4.90. The van der Waals surface area contributed by atoms with Crippen molar-refractivity contribution in [2.24, 2.45) is 5.92 Å². The lowest BCUT2D eigenvalue weighted by atomic mass is 9.93. The molecule has 2 heterocycles. The Morgan fingerprint density at radius 1 is 1.36 bits per heavy atom. The molecule has 0 aliphatic carbocycles. The third-order valence-corrected chi connectivity index (χ3v) is 5.37. The topological polar surface area (TPSA) is 50.3 Å². The first-order valence-corrected chi connectivity index (χ1v) is 9.93. The minimum absolute atomic E-state index is 0.445. The Balaban J connectivity index is 1.60. The third-order valence-electron chi connectivity index (χ3n) is 4.88.